The molecule has 4 rings (SSSR count). The monoisotopic (exact) mass is 344 g/mol. The van der Waals surface area contributed by atoms with E-state index >= 15 is 0 Å². The quantitative estimate of drug-likeness (QED) is 0.840. The molecule has 2 heterocycles. The predicted molar refractivity (Wildman–Crippen MR) is 94.8 cm³/mol. The predicted octanol–water partition coefficient (Wildman–Crippen LogP) is 2.52. The number of aryl methyl sites for hydroxylation is 1. The summed E-state index contributed by atoms with van der Waals surface area (Å²) in [4.78, 5) is 17.1. The van der Waals surface area contributed by atoms with Gasteiger partial charge in [-0.2, -0.15) is 5.10 Å². The summed E-state index contributed by atoms with van der Waals surface area (Å²) in [6.07, 6.45) is 3.14. The third-order valence-electron chi connectivity index (χ3n) is 5.06. The zero-order valence-corrected chi connectivity index (χ0v) is 14.6. The fraction of sp³-hybridized carbons (Fsp3) is 0.444. The number of halogens is 1. The maximum atomic E-state index is 12.9. The number of carbonyl (C=O) groups excluding carboxylic acids is 1. The lowest BCUT2D eigenvalue weighted by Crippen LogP contribution is -2.49. The molecule has 1 aliphatic carbocycles. The van der Waals surface area contributed by atoms with E-state index in [1.807, 2.05) is 34.8 Å². The molecular weight excluding hydrogens is 324 g/mol. The fourth-order valence-corrected chi connectivity index (χ4v) is 3.96. The molecule has 0 N–H and O–H groups in total. The minimum Gasteiger partial charge on any atom is -0.368 e. The van der Waals surface area contributed by atoms with Gasteiger partial charge in [-0.1, -0.05) is 17.7 Å². The number of benzene rings is 1. The van der Waals surface area contributed by atoms with Crippen LogP contribution < -0.4 is 4.90 Å². The van der Waals surface area contributed by atoms with Gasteiger partial charge in [-0.15, -0.1) is 0 Å². The first-order chi connectivity index (χ1) is 11.6. The van der Waals surface area contributed by atoms with Crippen molar-refractivity contribution >= 4 is 23.2 Å². The third-order valence-corrected chi connectivity index (χ3v) is 5.29. The van der Waals surface area contributed by atoms with Crippen molar-refractivity contribution in [2.45, 2.75) is 19.3 Å². The maximum absolute atomic E-state index is 12.9. The summed E-state index contributed by atoms with van der Waals surface area (Å²) >= 11 is 6.08. The number of hydrogen-bond donors (Lipinski definition) is 0. The Bertz CT molecular complexity index is 777. The Balaban J connectivity index is 1.46. The van der Waals surface area contributed by atoms with Crippen molar-refractivity contribution in [3.05, 3.63) is 46.2 Å². The van der Waals surface area contributed by atoms with Gasteiger partial charge < -0.3 is 9.80 Å². The first kappa shape index (κ1) is 15.5. The standard InChI is InChI=1S/C18H21ClN4O/c1-21-16-7-3-6-15(16)17(20-21)18(24)23-10-8-22(9-11-23)14-5-2-4-13(19)12-14/h2,4-5,12H,3,6-11H2,1H3. The molecule has 1 aromatic carbocycles. The average molecular weight is 345 g/mol. The highest BCUT2D eigenvalue weighted by molar-refractivity contribution is 6.30. The summed E-state index contributed by atoms with van der Waals surface area (Å²) in [5.41, 5.74) is 4.19. The van der Waals surface area contributed by atoms with Crippen molar-refractivity contribution < 1.29 is 4.79 Å². The van der Waals surface area contributed by atoms with Gasteiger partial charge in [0.1, 0.15) is 0 Å². The van der Waals surface area contributed by atoms with Gasteiger partial charge in [0, 0.05) is 55.2 Å². The Kier molecular flexibility index (Phi) is 3.96. The normalized spacial score (nSPS) is 17.2. The van der Waals surface area contributed by atoms with Crippen LogP contribution in [0.4, 0.5) is 5.69 Å². The Labute approximate surface area is 146 Å². The molecule has 2 aromatic rings. The van der Waals surface area contributed by atoms with Crippen LogP contribution in [0.3, 0.4) is 0 Å². The lowest BCUT2D eigenvalue weighted by Gasteiger charge is -2.36. The highest BCUT2D eigenvalue weighted by Crippen LogP contribution is 2.26. The smallest absolute Gasteiger partial charge is 0.274 e. The molecule has 1 aromatic heterocycles. The molecule has 0 bridgehead atoms. The molecule has 24 heavy (non-hydrogen) atoms. The van der Waals surface area contributed by atoms with E-state index in [1.54, 1.807) is 0 Å². The van der Waals surface area contributed by atoms with Gasteiger partial charge in [0.05, 0.1) is 0 Å². The van der Waals surface area contributed by atoms with Crippen molar-refractivity contribution in [3.8, 4) is 0 Å². The van der Waals surface area contributed by atoms with E-state index in [0.29, 0.717) is 5.69 Å². The molecular formula is C18H21ClN4O. The van der Waals surface area contributed by atoms with Gasteiger partial charge >= 0.3 is 0 Å². The second-order valence-corrected chi connectivity index (χ2v) is 6.95. The SMILES string of the molecule is Cn1nc(C(=O)N2CCN(c3cccc(Cl)c3)CC2)c2c1CCC2. The second kappa shape index (κ2) is 6.13. The molecule has 1 amide bonds. The summed E-state index contributed by atoms with van der Waals surface area (Å²) in [7, 11) is 1.94. The Morgan fingerprint density at radius 1 is 1.17 bits per heavy atom. The van der Waals surface area contributed by atoms with E-state index < -0.39 is 0 Å². The van der Waals surface area contributed by atoms with Gasteiger partial charge in [-0.25, -0.2) is 0 Å². The molecule has 0 atom stereocenters. The van der Waals surface area contributed by atoms with Gasteiger partial charge in [0.15, 0.2) is 5.69 Å². The van der Waals surface area contributed by atoms with E-state index in [4.69, 9.17) is 11.6 Å². The van der Waals surface area contributed by atoms with Crippen molar-refractivity contribution in [2.24, 2.45) is 7.05 Å². The number of nitrogens with zero attached hydrogens (tertiary/aromatic N) is 4. The van der Waals surface area contributed by atoms with E-state index in [9.17, 15) is 4.79 Å². The number of anilines is 1. The zero-order chi connectivity index (χ0) is 16.7. The zero-order valence-electron chi connectivity index (χ0n) is 13.8. The number of carbonyl (C=O) groups is 1. The van der Waals surface area contributed by atoms with Crippen LogP contribution in [0.1, 0.15) is 28.2 Å². The van der Waals surface area contributed by atoms with Crippen LogP contribution in [-0.2, 0) is 19.9 Å². The average Bonchev–Trinajstić information content (AvgIpc) is 3.19. The van der Waals surface area contributed by atoms with Crippen molar-refractivity contribution in [2.75, 3.05) is 31.1 Å². The number of hydrogen-bond acceptors (Lipinski definition) is 3. The van der Waals surface area contributed by atoms with Gasteiger partial charge in [-0.3, -0.25) is 9.48 Å². The van der Waals surface area contributed by atoms with Crippen LogP contribution in [0.2, 0.25) is 5.02 Å². The highest BCUT2D eigenvalue weighted by atomic mass is 35.5. The number of fused-ring (bicyclic) bond motifs is 1. The Hall–Kier alpha value is -2.01. The number of aromatic nitrogens is 2. The summed E-state index contributed by atoms with van der Waals surface area (Å²) in [6, 6.07) is 7.89. The highest BCUT2D eigenvalue weighted by Gasteiger charge is 2.29. The van der Waals surface area contributed by atoms with Crippen LogP contribution in [0.15, 0.2) is 24.3 Å². The second-order valence-electron chi connectivity index (χ2n) is 6.51. The van der Waals surface area contributed by atoms with E-state index in [-0.39, 0.29) is 5.91 Å². The molecule has 1 saturated heterocycles. The molecule has 0 radical (unpaired) electrons. The van der Waals surface area contributed by atoms with E-state index in [1.165, 1.54) is 11.3 Å². The topological polar surface area (TPSA) is 41.4 Å². The number of piperazine rings is 1. The molecule has 1 aliphatic heterocycles. The van der Waals surface area contributed by atoms with Crippen LogP contribution >= 0.6 is 11.6 Å². The number of amides is 1. The lowest BCUT2D eigenvalue weighted by atomic mass is 10.1. The van der Waals surface area contributed by atoms with Crippen molar-refractivity contribution in [3.63, 3.8) is 0 Å². The van der Waals surface area contributed by atoms with Crippen LogP contribution in [0, 0.1) is 0 Å². The van der Waals surface area contributed by atoms with Gasteiger partial charge in [0.2, 0.25) is 0 Å². The summed E-state index contributed by atoms with van der Waals surface area (Å²) < 4.78 is 1.89. The Morgan fingerprint density at radius 3 is 2.71 bits per heavy atom. The van der Waals surface area contributed by atoms with E-state index in [2.05, 4.69) is 16.1 Å². The molecule has 2 aliphatic rings. The molecule has 0 saturated carbocycles. The first-order valence-electron chi connectivity index (χ1n) is 8.48. The largest absolute Gasteiger partial charge is 0.368 e. The molecule has 0 unspecified atom stereocenters. The molecule has 6 heteroatoms. The van der Waals surface area contributed by atoms with Gasteiger partial charge in [0.25, 0.3) is 5.91 Å². The molecule has 1 fully saturated rings. The number of rotatable bonds is 2. The minimum absolute atomic E-state index is 0.0829. The summed E-state index contributed by atoms with van der Waals surface area (Å²) in [6.45, 7) is 3.08. The van der Waals surface area contributed by atoms with Crippen LogP contribution in [-0.4, -0.2) is 46.8 Å². The molecule has 0 spiro atoms. The maximum Gasteiger partial charge on any atom is 0.274 e. The van der Waals surface area contributed by atoms with Crippen LogP contribution in [0.5, 0.6) is 0 Å². The minimum atomic E-state index is 0.0829. The summed E-state index contributed by atoms with van der Waals surface area (Å²) in [5, 5.41) is 5.24. The van der Waals surface area contributed by atoms with Crippen LogP contribution in [0.25, 0.3) is 0 Å². The lowest BCUT2D eigenvalue weighted by molar-refractivity contribution is 0.0739. The van der Waals surface area contributed by atoms with Gasteiger partial charge in [-0.05, 0) is 37.5 Å². The first-order valence-corrected chi connectivity index (χ1v) is 8.86. The van der Waals surface area contributed by atoms with Crippen molar-refractivity contribution in [1.29, 1.82) is 0 Å². The summed E-state index contributed by atoms with van der Waals surface area (Å²) in [5.74, 6) is 0.0829. The Morgan fingerprint density at radius 2 is 1.96 bits per heavy atom. The third kappa shape index (κ3) is 2.67. The van der Waals surface area contributed by atoms with E-state index in [0.717, 1.165) is 56.2 Å². The molecule has 5 nitrogen and oxygen atoms in total. The van der Waals surface area contributed by atoms with Crippen molar-refractivity contribution in [1.82, 2.24) is 14.7 Å². The fourth-order valence-electron chi connectivity index (χ4n) is 3.77. The molecule has 126 valence electrons.